The first kappa shape index (κ1) is 15.6. The summed E-state index contributed by atoms with van der Waals surface area (Å²) in [7, 11) is 0. The predicted molar refractivity (Wildman–Crippen MR) is 80.7 cm³/mol. The number of likely N-dealkylation sites (tertiary alicyclic amines) is 1. The summed E-state index contributed by atoms with van der Waals surface area (Å²) in [6.45, 7) is 8.74. The maximum absolute atomic E-state index is 11.7. The quantitative estimate of drug-likeness (QED) is 0.865. The Morgan fingerprint density at radius 2 is 1.90 bits per heavy atom. The summed E-state index contributed by atoms with van der Waals surface area (Å²) in [6.07, 6.45) is 5.99. The van der Waals surface area contributed by atoms with Crippen molar-refractivity contribution in [3.63, 3.8) is 0 Å². The van der Waals surface area contributed by atoms with E-state index in [0.717, 1.165) is 37.8 Å². The molecule has 0 aromatic carbocycles. The Balaban J connectivity index is 1.75. The van der Waals surface area contributed by atoms with Crippen molar-refractivity contribution in [3.8, 4) is 0 Å². The fourth-order valence-corrected chi connectivity index (χ4v) is 3.56. The van der Waals surface area contributed by atoms with Gasteiger partial charge >= 0.3 is 6.09 Å². The highest BCUT2D eigenvalue weighted by Crippen LogP contribution is 2.30. The topological polar surface area (TPSA) is 41.6 Å². The third-order valence-electron chi connectivity index (χ3n) is 5.18. The summed E-state index contributed by atoms with van der Waals surface area (Å²) in [5.74, 6) is 1.60. The van der Waals surface area contributed by atoms with Crippen LogP contribution in [0, 0.1) is 11.8 Å². The molecule has 2 rings (SSSR count). The molecule has 0 aromatic rings. The summed E-state index contributed by atoms with van der Waals surface area (Å²) in [5.41, 5.74) is 0. The number of amides is 1. The molecule has 1 heterocycles. The molecule has 0 spiro atoms. The number of nitrogens with zero attached hydrogens (tertiary/aromatic N) is 1. The molecule has 1 N–H and O–H groups in total. The molecule has 1 saturated carbocycles. The maximum Gasteiger partial charge on any atom is 0.409 e. The van der Waals surface area contributed by atoms with Crippen molar-refractivity contribution < 1.29 is 9.53 Å². The van der Waals surface area contributed by atoms with Gasteiger partial charge in [0.2, 0.25) is 0 Å². The number of piperidine rings is 1. The molecule has 0 radical (unpaired) electrons. The van der Waals surface area contributed by atoms with E-state index < -0.39 is 0 Å². The molecule has 1 saturated heterocycles. The first-order valence-corrected chi connectivity index (χ1v) is 8.29. The van der Waals surface area contributed by atoms with Gasteiger partial charge in [0.05, 0.1) is 6.61 Å². The lowest BCUT2D eigenvalue weighted by Crippen LogP contribution is -2.51. The van der Waals surface area contributed by atoms with Gasteiger partial charge in [-0.25, -0.2) is 4.79 Å². The molecule has 1 amide bonds. The molecule has 2 aliphatic rings. The van der Waals surface area contributed by atoms with Crippen molar-refractivity contribution in [1.29, 1.82) is 0 Å². The van der Waals surface area contributed by atoms with Crippen LogP contribution in [0.15, 0.2) is 0 Å². The lowest BCUT2D eigenvalue weighted by Gasteiger charge is -2.39. The Bertz CT molecular complexity index is 314. The van der Waals surface area contributed by atoms with Crippen LogP contribution >= 0.6 is 0 Å². The first-order chi connectivity index (χ1) is 9.61. The highest BCUT2D eigenvalue weighted by Gasteiger charge is 2.30. The van der Waals surface area contributed by atoms with Gasteiger partial charge < -0.3 is 15.0 Å². The number of rotatable bonds is 3. The summed E-state index contributed by atoms with van der Waals surface area (Å²) in [5, 5.41) is 3.85. The second kappa shape index (κ2) is 7.30. The number of carbonyl (C=O) groups is 1. The Labute approximate surface area is 123 Å². The predicted octanol–water partition coefficient (Wildman–Crippen LogP) is 3.02. The van der Waals surface area contributed by atoms with E-state index in [9.17, 15) is 4.79 Å². The van der Waals surface area contributed by atoms with E-state index in [0.29, 0.717) is 18.7 Å². The van der Waals surface area contributed by atoms with Crippen LogP contribution in [0.1, 0.15) is 52.9 Å². The van der Waals surface area contributed by atoms with Crippen LogP contribution in [0.2, 0.25) is 0 Å². The number of ether oxygens (including phenoxy) is 1. The zero-order valence-electron chi connectivity index (χ0n) is 13.2. The molecule has 1 aliphatic carbocycles. The zero-order valence-corrected chi connectivity index (χ0v) is 13.2. The van der Waals surface area contributed by atoms with Crippen molar-refractivity contribution in [2.75, 3.05) is 19.7 Å². The van der Waals surface area contributed by atoms with Crippen LogP contribution < -0.4 is 5.32 Å². The summed E-state index contributed by atoms with van der Waals surface area (Å²) < 4.78 is 5.06. The average molecular weight is 282 g/mol. The Kier molecular flexibility index (Phi) is 5.70. The molecular formula is C16H30N2O2. The van der Waals surface area contributed by atoms with Gasteiger partial charge in [-0.2, -0.15) is 0 Å². The third-order valence-corrected chi connectivity index (χ3v) is 5.18. The number of hydrogen-bond donors (Lipinski definition) is 1. The fourth-order valence-electron chi connectivity index (χ4n) is 3.56. The Morgan fingerprint density at radius 3 is 2.55 bits per heavy atom. The minimum atomic E-state index is -0.148. The van der Waals surface area contributed by atoms with Gasteiger partial charge in [0.25, 0.3) is 0 Å². The third kappa shape index (κ3) is 3.87. The largest absolute Gasteiger partial charge is 0.450 e. The minimum absolute atomic E-state index is 0.148. The number of hydrogen-bond acceptors (Lipinski definition) is 3. The molecule has 0 unspecified atom stereocenters. The van der Waals surface area contributed by atoms with Crippen molar-refractivity contribution in [3.05, 3.63) is 0 Å². The van der Waals surface area contributed by atoms with E-state index in [1.54, 1.807) is 0 Å². The molecule has 0 bridgehead atoms. The smallest absolute Gasteiger partial charge is 0.409 e. The van der Waals surface area contributed by atoms with Gasteiger partial charge in [0.1, 0.15) is 0 Å². The molecule has 116 valence electrons. The lowest BCUT2D eigenvalue weighted by molar-refractivity contribution is 0.0910. The number of carbonyl (C=O) groups excluding carboxylic acids is 1. The van der Waals surface area contributed by atoms with E-state index in [1.807, 2.05) is 11.8 Å². The second-order valence-electron chi connectivity index (χ2n) is 6.50. The minimum Gasteiger partial charge on any atom is -0.450 e. The highest BCUT2D eigenvalue weighted by atomic mass is 16.6. The van der Waals surface area contributed by atoms with Gasteiger partial charge in [0.15, 0.2) is 0 Å². The average Bonchev–Trinajstić information content (AvgIpc) is 2.45. The molecule has 0 aromatic heterocycles. The standard InChI is InChI=1S/C16H30N2O2/c1-4-20-16(19)18-10-8-14(9-11-18)17-15-7-5-6-12(2)13(15)3/h12-15,17H,4-11H2,1-3H3/t12-,13+,15+/m0/s1. The monoisotopic (exact) mass is 282 g/mol. The molecule has 2 fully saturated rings. The van der Waals surface area contributed by atoms with Gasteiger partial charge in [0, 0.05) is 25.2 Å². The van der Waals surface area contributed by atoms with Crippen molar-refractivity contribution >= 4 is 6.09 Å². The van der Waals surface area contributed by atoms with Crippen LogP contribution in [0.5, 0.6) is 0 Å². The fraction of sp³-hybridized carbons (Fsp3) is 0.938. The SMILES string of the molecule is CCOC(=O)N1CCC(N[C@@H]2CCC[C@H](C)[C@H]2C)CC1. The van der Waals surface area contributed by atoms with Crippen LogP contribution in [0.3, 0.4) is 0 Å². The van der Waals surface area contributed by atoms with Crippen molar-refractivity contribution in [1.82, 2.24) is 10.2 Å². The van der Waals surface area contributed by atoms with Gasteiger partial charge in [-0.05, 0) is 38.0 Å². The highest BCUT2D eigenvalue weighted by molar-refractivity contribution is 5.67. The van der Waals surface area contributed by atoms with E-state index in [2.05, 4.69) is 19.2 Å². The van der Waals surface area contributed by atoms with Crippen LogP contribution in [0.25, 0.3) is 0 Å². The summed E-state index contributed by atoms with van der Waals surface area (Å²) in [6, 6.07) is 1.23. The van der Waals surface area contributed by atoms with Gasteiger partial charge in [-0.15, -0.1) is 0 Å². The van der Waals surface area contributed by atoms with Crippen LogP contribution in [0.4, 0.5) is 4.79 Å². The van der Waals surface area contributed by atoms with Gasteiger partial charge in [-0.1, -0.05) is 26.7 Å². The van der Waals surface area contributed by atoms with Crippen LogP contribution in [-0.4, -0.2) is 42.8 Å². The molecule has 4 nitrogen and oxygen atoms in total. The maximum atomic E-state index is 11.7. The van der Waals surface area contributed by atoms with Crippen molar-refractivity contribution in [2.45, 2.75) is 65.0 Å². The normalized spacial score (nSPS) is 32.1. The van der Waals surface area contributed by atoms with E-state index in [-0.39, 0.29) is 6.09 Å². The molecular weight excluding hydrogens is 252 g/mol. The number of nitrogens with one attached hydrogen (secondary N) is 1. The molecule has 20 heavy (non-hydrogen) atoms. The summed E-state index contributed by atoms with van der Waals surface area (Å²) in [4.78, 5) is 13.5. The van der Waals surface area contributed by atoms with E-state index >= 15 is 0 Å². The molecule has 3 atom stereocenters. The zero-order chi connectivity index (χ0) is 14.5. The second-order valence-corrected chi connectivity index (χ2v) is 6.50. The first-order valence-electron chi connectivity index (χ1n) is 8.29. The van der Waals surface area contributed by atoms with Crippen molar-refractivity contribution in [2.24, 2.45) is 11.8 Å². The van der Waals surface area contributed by atoms with Crippen LogP contribution in [-0.2, 0) is 4.74 Å². The molecule has 4 heteroatoms. The van der Waals surface area contributed by atoms with Gasteiger partial charge in [-0.3, -0.25) is 0 Å². The lowest BCUT2D eigenvalue weighted by atomic mass is 9.77. The van der Waals surface area contributed by atoms with E-state index in [4.69, 9.17) is 4.74 Å². The van der Waals surface area contributed by atoms with E-state index in [1.165, 1.54) is 19.3 Å². The Hall–Kier alpha value is -0.770. The molecule has 1 aliphatic heterocycles. The Morgan fingerprint density at radius 1 is 1.20 bits per heavy atom. The summed E-state index contributed by atoms with van der Waals surface area (Å²) >= 11 is 0.